The van der Waals surface area contributed by atoms with Crippen molar-refractivity contribution in [2.75, 3.05) is 20.5 Å². The quantitative estimate of drug-likeness (QED) is 0.241. The van der Waals surface area contributed by atoms with Crippen molar-refractivity contribution < 1.29 is 40.4 Å². The third-order valence-electron chi connectivity index (χ3n) is 6.91. The predicted molar refractivity (Wildman–Crippen MR) is 162 cm³/mol. The average molecular weight is 663 g/mol. The van der Waals surface area contributed by atoms with Gasteiger partial charge in [-0.05, 0) is 66.1 Å². The van der Waals surface area contributed by atoms with Crippen LogP contribution in [0.15, 0.2) is 87.4 Å². The minimum Gasteiger partial charge on any atom is -0.611 e. The number of methoxy groups -OCH3 is 2. The second-order valence-corrected chi connectivity index (χ2v) is 13.4. The number of halogens is 3. The Hall–Kier alpha value is -4.27. The molecule has 0 spiro atoms. The molecule has 1 aromatic heterocycles. The van der Waals surface area contributed by atoms with Crippen LogP contribution in [0.1, 0.15) is 32.7 Å². The molecule has 0 bridgehead atoms. The van der Waals surface area contributed by atoms with E-state index in [4.69, 9.17) is 9.47 Å². The van der Waals surface area contributed by atoms with Gasteiger partial charge in [-0.1, -0.05) is 18.2 Å². The Morgan fingerprint density at radius 2 is 1.69 bits per heavy atom. The Balaban J connectivity index is 1.78. The topological polar surface area (TPSA) is 127 Å². The van der Waals surface area contributed by atoms with Crippen LogP contribution < -0.4 is 20.3 Å². The zero-order valence-electron chi connectivity index (χ0n) is 24.6. The highest BCUT2D eigenvalue weighted by Gasteiger charge is 2.32. The van der Waals surface area contributed by atoms with Crippen LogP contribution in [0.4, 0.5) is 13.2 Å². The number of ether oxygens (including phenoxy) is 2. The summed E-state index contributed by atoms with van der Waals surface area (Å²) in [5.74, 6) is -0.0945. The monoisotopic (exact) mass is 662 g/mol. The van der Waals surface area contributed by atoms with E-state index in [0.717, 1.165) is 29.0 Å². The van der Waals surface area contributed by atoms with E-state index < -0.39 is 49.8 Å². The fraction of sp³-hybridized carbons (Fsp3) is 0.226. The van der Waals surface area contributed by atoms with E-state index in [1.165, 1.54) is 57.5 Å². The molecule has 0 aliphatic heterocycles. The van der Waals surface area contributed by atoms with Crippen LogP contribution in [0, 0.1) is 6.92 Å². The number of amides is 1. The lowest BCUT2D eigenvalue weighted by Gasteiger charge is -2.20. The largest absolute Gasteiger partial charge is 0.611 e. The fourth-order valence-corrected chi connectivity index (χ4v) is 6.50. The van der Waals surface area contributed by atoms with Crippen LogP contribution in [-0.2, 0) is 39.5 Å². The number of benzene rings is 3. The van der Waals surface area contributed by atoms with Crippen molar-refractivity contribution in [3.8, 4) is 17.2 Å². The Morgan fingerprint density at radius 1 is 1.00 bits per heavy atom. The van der Waals surface area contributed by atoms with E-state index in [1.54, 1.807) is 18.2 Å². The number of rotatable bonds is 10. The molecule has 0 aliphatic rings. The lowest BCUT2D eigenvalue weighted by atomic mass is 10.1. The number of hydrogen-bond donors (Lipinski definition) is 1. The summed E-state index contributed by atoms with van der Waals surface area (Å²) in [6.07, 6.45) is -3.64. The zero-order valence-corrected chi connectivity index (χ0v) is 26.2. The number of pyridine rings is 1. The van der Waals surface area contributed by atoms with E-state index in [2.05, 4.69) is 5.32 Å². The van der Waals surface area contributed by atoms with Gasteiger partial charge in [-0.25, -0.2) is 8.42 Å². The van der Waals surface area contributed by atoms with Crippen molar-refractivity contribution in [2.24, 2.45) is 0 Å². The molecule has 0 fully saturated rings. The van der Waals surface area contributed by atoms with Gasteiger partial charge in [0.2, 0.25) is 0 Å². The third kappa shape index (κ3) is 7.70. The summed E-state index contributed by atoms with van der Waals surface area (Å²) in [7, 11) is -0.531. The molecule has 1 atom stereocenters. The van der Waals surface area contributed by atoms with Crippen molar-refractivity contribution in [2.45, 2.75) is 35.2 Å². The minimum absolute atomic E-state index is 0.0486. The molecular formula is C31H29F3N2O7S2. The van der Waals surface area contributed by atoms with E-state index >= 15 is 0 Å². The van der Waals surface area contributed by atoms with Crippen molar-refractivity contribution in [3.05, 3.63) is 111 Å². The number of sulfone groups is 1. The Labute approximate surface area is 260 Å². The first kappa shape index (κ1) is 33.6. The smallest absolute Gasteiger partial charge is 0.416 e. The molecule has 1 amide bonds. The van der Waals surface area contributed by atoms with Crippen LogP contribution in [0.2, 0.25) is 0 Å². The summed E-state index contributed by atoms with van der Waals surface area (Å²) < 4.78 is 89.5. The summed E-state index contributed by atoms with van der Waals surface area (Å²) in [6, 6.07) is 15.9. The highest BCUT2D eigenvalue weighted by atomic mass is 32.2. The molecule has 45 heavy (non-hydrogen) atoms. The summed E-state index contributed by atoms with van der Waals surface area (Å²) >= 11 is -1.90. The van der Waals surface area contributed by atoms with Crippen molar-refractivity contribution in [1.82, 2.24) is 9.88 Å². The third-order valence-corrected chi connectivity index (χ3v) is 9.51. The van der Waals surface area contributed by atoms with Crippen molar-refractivity contribution in [3.63, 3.8) is 0 Å². The van der Waals surface area contributed by atoms with Crippen molar-refractivity contribution in [1.29, 1.82) is 0 Å². The molecule has 238 valence electrons. The summed E-state index contributed by atoms with van der Waals surface area (Å²) in [5.41, 5.74) is -1.41. The molecule has 1 unspecified atom stereocenters. The van der Waals surface area contributed by atoms with Gasteiger partial charge in [0.05, 0.1) is 30.4 Å². The molecule has 1 N–H and O–H groups in total. The minimum atomic E-state index is -4.70. The van der Waals surface area contributed by atoms with Gasteiger partial charge in [-0.15, -0.1) is 0 Å². The van der Waals surface area contributed by atoms with Gasteiger partial charge >= 0.3 is 6.18 Å². The average Bonchev–Trinajstić information content (AvgIpc) is 2.99. The lowest BCUT2D eigenvalue weighted by Crippen LogP contribution is -2.34. The standard InChI is InChI=1S/C31H29F3N2O7S2/c1-19-28(44(39)18-21-10-11-24(42-2)15-27(21)43-3)16-26(29(37)35-17-20-8-12-25(13-9-20)45(4,40)41)30(38)36(19)23-7-5-6-22(14-23)31(32,33)34/h5-16H,17-18H2,1-4H3,(H,35,37). The summed E-state index contributed by atoms with van der Waals surface area (Å²) in [5, 5.41) is 2.58. The van der Waals surface area contributed by atoms with E-state index in [1.807, 2.05) is 0 Å². The van der Waals surface area contributed by atoms with E-state index in [-0.39, 0.29) is 33.5 Å². The normalized spacial score (nSPS) is 12.4. The number of alkyl halides is 3. The highest BCUT2D eigenvalue weighted by Crippen LogP contribution is 2.32. The number of carbonyl (C=O) groups is 1. The molecule has 3 aromatic carbocycles. The molecule has 9 nitrogen and oxygen atoms in total. The SMILES string of the molecule is COc1ccc(C[S+]([O-])c2cc(C(=O)NCc3ccc(S(C)(=O)=O)cc3)c(=O)n(-c3cccc(C(F)(F)F)c3)c2C)c(OC)c1. The van der Waals surface area contributed by atoms with Gasteiger partial charge in [-0.2, -0.15) is 13.2 Å². The molecule has 14 heteroatoms. The maximum absolute atomic E-state index is 13.8. The molecule has 0 saturated heterocycles. The summed E-state index contributed by atoms with van der Waals surface area (Å²) in [4.78, 5) is 27.2. The predicted octanol–water partition coefficient (Wildman–Crippen LogP) is 4.82. The number of nitrogens with zero attached hydrogens (tertiary/aromatic N) is 1. The maximum Gasteiger partial charge on any atom is 0.416 e. The Morgan fingerprint density at radius 3 is 2.29 bits per heavy atom. The van der Waals surface area contributed by atoms with Gasteiger partial charge in [-0.3, -0.25) is 14.2 Å². The molecule has 4 aromatic rings. The highest BCUT2D eigenvalue weighted by molar-refractivity contribution is 7.91. The maximum atomic E-state index is 13.8. The second-order valence-electron chi connectivity index (χ2n) is 9.96. The molecular weight excluding hydrogens is 633 g/mol. The van der Waals surface area contributed by atoms with E-state index in [9.17, 15) is 35.7 Å². The van der Waals surface area contributed by atoms with Crippen LogP contribution in [-0.4, -0.2) is 43.9 Å². The van der Waals surface area contributed by atoms with Crippen LogP contribution >= 0.6 is 0 Å². The van der Waals surface area contributed by atoms with Crippen molar-refractivity contribution >= 4 is 26.9 Å². The zero-order chi connectivity index (χ0) is 33.1. The lowest BCUT2D eigenvalue weighted by molar-refractivity contribution is -0.137. The molecule has 0 saturated carbocycles. The number of carbonyl (C=O) groups excluding carboxylic acids is 1. The molecule has 0 radical (unpaired) electrons. The first-order valence-corrected chi connectivity index (χ1v) is 16.5. The number of hydrogen-bond acceptors (Lipinski definition) is 7. The first-order chi connectivity index (χ1) is 21.1. The van der Waals surface area contributed by atoms with Gasteiger partial charge in [0, 0.05) is 36.2 Å². The van der Waals surface area contributed by atoms with Gasteiger partial charge in [0.1, 0.15) is 22.8 Å². The van der Waals surface area contributed by atoms with Crippen LogP contribution in [0.5, 0.6) is 11.5 Å². The van der Waals surface area contributed by atoms with E-state index in [0.29, 0.717) is 22.6 Å². The van der Waals surface area contributed by atoms with Crippen LogP contribution in [0.25, 0.3) is 5.69 Å². The van der Waals surface area contributed by atoms with Gasteiger partial charge in [0.15, 0.2) is 14.7 Å². The Kier molecular flexibility index (Phi) is 10.00. The number of nitrogens with one attached hydrogen (secondary N) is 1. The Bertz CT molecular complexity index is 1890. The fourth-order valence-electron chi connectivity index (χ4n) is 4.53. The van der Waals surface area contributed by atoms with Gasteiger partial charge in [0.25, 0.3) is 11.5 Å². The van der Waals surface area contributed by atoms with Gasteiger partial charge < -0.3 is 19.3 Å². The molecule has 1 heterocycles. The van der Waals surface area contributed by atoms with Crippen LogP contribution in [0.3, 0.4) is 0 Å². The summed E-state index contributed by atoms with van der Waals surface area (Å²) in [6.45, 7) is 1.34. The second kappa shape index (κ2) is 13.4. The number of aromatic nitrogens is 1. The molecule has 4 rings (SSSR count). The molecule has 0 aliphatic carbocycles. The first-order valence-electron chi connectivity index (χ1n) is 13.2.